The molecule has 1 fully saturated rings. The number of amides is 1. The first-order valence-electron chi connectivity index (χ1n) is 9.85. The SMILES string of the molecule is CCN1CC[C@@]2(c3cccc(OC)c3)Cc3[nH]c(C(N)=O)c(C)c3C[C@@H]2C1. The summed E-state index contributed by atoms with van der Waals surface area (Å²) < 4.78 is 5.51. The number of benzene rings is 1. The molecule has 1 amide bonds. The van der Waals surface area contributed by atoms with Crippen molar-refractivity contribution >= 4 is 5.91 Å². The number of carbonyl (C=O) groups is 1. The fourth-order valence-electron chi connectivity index (χ4n) is 5.27. The van der Waals surface area contributed by atoms with Crippen molar-refractivity contribution in [3.05, 3.63) is 52.3 Å². The number of nitrogens with one attached hydrogen (secondary N) is 1. The number of methoxy groups -OCH3 is 1. The summed E-state index contributed by atoms with van der Waals surface area (Å²) in [6.45, 7) is 7.52. The molecule has 0 spiro atoms. The lowest BCUT2D eigenvalue weighted by Crippen LogP contribution is -2.53. The van der Waals surface area contributed by atoms with Crippen LogP contribution in [0.4, 0.5) is 0 Å². The van der Waals surface area contributed by atoms with E-state index in [1.807, 2.05) is 13.0 Å². The summed E-state index contributed by atoms with van der Waals surface area (Å²) in [4.78, 5) is 17.8. The number of carbonyl (C=O) groups excluding carboxylic acids is 1. The fraction of sp³-hybridized carbons (Fsp3) is 0.500. The Morgan fingerprint density at radius 2 is 2.26 bits per heavy atom. The van der Waals surface area contributed by atoms with Crippen LogP contribution in [0.15, 0.2) is 24.3 Å². The summed E-state index contributed by atoms with van der Waals surface area (Å²) in [6, 6.07) is 8.54. The van der Waals surface area contributed by atoms with E-state index < -0.39 is 0 Å². The van der Waals surface area contributed by atoms with E-state index in [4.69, 9.17) is 10.5 Å². The first-order chi connectivity index (χ1) is 13.0. The predicted molar refractivity (Wildman–Crippen MR) is 106 cm³/mol. The molecule has 2 atom stereocenters. The molecule has 2 aliphatic rings. The zero-order chi connectivity index (χ0) is 19.2. The molecule has 1 aliphatic carbocycles. The van der Waals surface area contributed by atoms with Crippen molar-refractivity contribution in [3.8, 4) is 5.75 Å². The van der Waals surface area contributed by atoms with E-state index in [1.54, 1.807) is 7.11 Å². The first-order valence-corrected chi connectivity index (χ1v) is 9.85. The Morgan fingerprint density at radius 1 is 1.44 bits per heavy atom. The Labute approximate surface area is 160 Å². The minimum absolute atomic E-state index is 0.0689. The summed E-state index contributed by atoms with van der Waals surface area (Å²) >= 11 is 0. The van der Waals surface area contributed by atoms with Gasteiger partial charge in [0, 0.05) is 17.7 Å². The van der Waals surface area contributed by atoms with Crippen LogP contribution in [0.2, 0.25) is 0 Å². The van der Waals surface area contributed by atoms with E-state index in [1.165, 1.54) is 16.8 Å². The molecule has 144 valence electrons. The summed E-state index contributed by atoms with van der Waals surface area (Å²) in [5.41, 5.74) is 11.1. The second-order valence-corrected chi connectivity index (χ2v) is 8.06. The van der Waals surface area contributed by atoms with E-state index >= 15 is 0 Å². The summed E-state index contributed by atoms with van der Waals surface area (Å²) in [6.07, 6.45) is 3.02. The van der Waals surface area contributed by atoms with Gasteiger partial charge in [0.1, 0.15) is 11.4 Å². The smallest absolute Gasteiger partial charge is 0.265 e. The van der Waals surface area contributed by atoms with Crippen LogP contribution >= 0.6 is 0 Å². The molecule has 3 N–H and O–H groups in total. The maximum absolute atomic E-state index is 11.9. The molecule has 1 aromatic heterocycles. The Kier molecular flexibility index (Phi) is 4.50. The number of ether oxygens (including phenoxy) is 1. The lowest BCUT2D eigenvalue weighted by Gasteiger charge is -2.51. The van der Waals surface area contributed by atoms with Gasteiger partial charge in [0.25, 0.3) is 5.91 Å². The normalized spacial score (nSPS) is 24.9. The van der Waals surface area contributed by atoms with Gasteiger partial charge in [0.05, 0.1) is 7.11 Å². The molecule has 0 bridgehead atoms. The standard InChI is InChI=1S/C22H29N3O2/c1-4-25-9-8-22(15-6-5-7-17(10-15)27-3)12-19-18(11-16(22)13-25)14(2)20(24-19)21(23)26/h5-7,10,16,24H,4,8-9,11-13H2,1-3H3,(H2,23,26)/t16-,22+/m1/s1. The third-order valence-corrected chi connectivity index (χ3v) is 6.88. The van der Waals surface area contributed by atoms with Crippen LogP contribution in [0.1, 0.15) is 46.2 Å². The van der Waals surface area contributed by atoms with Crippen LogP contribution in [0, 0.1) is 12.8 Å². The number of nitrogens with two attached hydrogens (primary N) is 1. The number of aromatic nitrogens is 1. The second kappa shape index (κ2) is 6.71. The molecule has 1 aromatic carbocycles. The highest BCUT2D eigenvalue weighted by Crippen LogP contribution is 2.49. The number of rotatable bonds is 4. The van der Waals surface area contributed by atoms with Gasteiger partial charge < -0.3 is 20.4 Å². The van der Waals surface area contributed by atoms with Gasteiger partial charge in [-0.2, -0.15) is 0 Å². The van der Waals surface area contributed by atoms with Gasteiger partial charge in [-0.25, -0.2) is 0 Å². The van der Waals surface area contributed by atoms with Gasteiger partial charge in [-0.1, -0.05) is 19.1 Å². The zero-order valence-corrected chi connectivity index (χ0v) is 16.5. The number of hydrogen-bond acceptors (Lipinski definition) is 3. The highest BCUT2D eigenvalue weighted by molar-refractivity contribution is 5.93. The molecule has 4 rings (SSSR count). The molecule has 0 unspecified atom stereocenters. The van der Waals surface area contributed by atoms with Crippen molar-refractivity contribution in [1.82, 2.24) is 9.88 Å². The zero-order valence-electron chi connectivity index (χ0n) is 16.5. The van der Waals surface area contributed by atoms with E-state index in [9.17, 15) is 4.79 Å². The van der Waals surface area contributed by atoms with Gasteiger partial charge >= 0.3 is 0 Å². The van der Waals surface area contributed by atoms with Gasteiger partial charge in [-0.15, -0.1) is 0 Å². The Bertz CT molecular complexity index is 872. The quantitative estimate of drug-likeness (QED) is 0.873. The van der Waals surface area contributed by atoms with Crippen molar-refractivity contribution in [2.45, 2.75) is 38.5 Å². The van der Waals surface area contributed by atoms with Crippen molar-refractivity contribution in [1.29, 1.82) is 0 Å². The average molecular weight is 367 g/mol. The van der Waals surface area contributed by atoms with Crippen LogP contribution in [-0.4, -0.2) is 42.5 Å². The largest absolute Gasteiger partial charge is 0.497 e. The number of aromatic amines is 1. The number of fused-ring (bicyclic) bond motifs is 2. The van der Waals surface area contributed by atoms with E-state index in [0.717, 1.165) is 50.2 Å². The lowest BCUT2D eigenvalue weighted by molar-refractivity contribution is 0.0848. The molecule has 2 aromatic rings. The molecule has 0 saturated carbocycles. The van der Waals surface area contributed by atoms with Gasteiger partial charge in [0.15, 0.2) is 0 Å². The van der Waals surface area contributed by atoms with Crippen LogP contribution < -0.4 is 10.5 Å². The molecule has 1 aliphatic heterocycles. The van der Waals surface area contributed by atoms with Crippen molar-refractivity contribution in [2.24, 2.45) is 11.7 Å². The van der Waals surface area contributed by atoms with Gasteiger partial charge in [-0.3, -0.25) is 4.79 Å². The molecular formula is C22H29N3O2. The molecule has 2 heterocycles. The minimum Gasteiger partial charge on any atom is -0.497 e. The van der Waals surface area contributed by atoms with Crippen molar-refractivity contribution < 1.29 is 9.53 Å². The molecule has 5 nitrogen and oxygen atoms in total. The highest BCUT2D eigenvalue weighted by Gasteiger charge is 2.48. The Hall–Kier alpha value is -2.27. The first kappa shape index (κ1) is 18.1. The molecular weight excluding hydrogens is 338 g/mol. The maximum atomic E-state index is 11.9. The number of hydrogen-bond donors (Lipinski definition) is 2. The average Bonchev–Trinajstić information content (AvgIpc) is 3.01. The highest BCUT2D eigenvalue weighted by atomic mass is 16.5. The number of primary amides is 1. The minimum atomic E-state index is -0.365. The Balaban J connectivity index is 1.82. The third-order valence-electron chi connectivity index (χ3n) is 6.88. The van der Waals surface area contributed by atoms with E-state index in [2.05, 4.69) is 35.0 Å². The predicted octanol–water partition coefficient (Wildman–Crippen LogP) is 2.81. The third kappa shape index (κ3) is 2.85. The van der Waals surface area contributed by atoms with Crippen LogP contribution in [-0.2, 0) is 18.3 Å². The number of nitrogens with zero attached hydrogens (tertiary/aromatic N) is 1. The van der Waals surface area contributed by atoms with Gasteiger partial charge in [-0.05, 0) is 74.0 Å². The maximum Gasteiger partial charge on any atom is 0.265 e. The fourth-order valence-corrected chi connectivity index (χ4v) is 5.27. The summed E-state index contributed by atoms with van der Waals surface area (Å²) in [7, 11) is 1.72. The summed E-state index contributed by atoms with van der Waals surface area (Å²) in [5.74, 6) is 1.06. The molecule has 0 radical (unpaired) electrons. The number of H-pyrrole nitrogens is 1. The molecule has 27 heavy (non-hydrogen) atoms. The van der Waals surface area contributed by atoms with Gasteiger partial charge in [0.2, 0.25) is 0 Å². The Morgan fingerprint density at radius 3 is 2.96 bits per heavy atom. The summed E-state index contributed by atoms with van der Waals surface area (Å²) in [5, 5.41) is 0. The van der Waals surface area contributed by atoms with E-state index in [0.29, 0.717) is 11.6 Å². The van der Waals surface area contributed by atoms with Crippen molar-refractivity contribution in [3.63, 3.8) is 0 Å². The number of piperidine rings is 1. The lowest BCUT2D eigenvalue weighted by atomic mass is 9.58. The monoisotopic (exact) mass is 367 g/mol. The van der Waals surface area contributed by atoms with Crippen LogP contribution in [0.25, 0.3) is 0 Å². The number of likely N-dealkylation sites (tertiary alicyclic amines) is 1. The molecule has 1 saturated heterocycles. The molecule has 5 heteroatoms. The van der Waals surface area contributed by atoms with Crippen molar-refractivity contribution in [2.75, 3.05) is 26.7 Å². The van der Waals surface area contributed by atoms with Crippen LogP contribution in [0.3, 0.4) is 0 Å². The topological polar surface area (TPSA) is 71.3 Å². The second-order valence-electron chi connectivity index (χ2n) is 8.06. The van der Waals surface area contributed by atoms with E-state index in [-0.39, 0.29) is 11.3 Å². The van der Waals surface area contributed by atoms with Crippen LogP contribution in [0.5, 0.6) is 5.75 Å².